The summed E-state index contributed by atoms with van der Waals surface area (Å²) < 4.78 is 42.8. The number of nitrogens with zero attached hydrogens (tertiary/aromatic N) is 1. The lowest BCUT2D eigenvalue weighted by molar-refractivity contribution is -0.387. The normalized spacial score (nSPS) is 11.2. The number of benzene rings is 2. The van der Waals surface area contributed by atoms with Gasteiger partial charge in [0.15, 0.2) is 9.84 Å². The molecular formula is C14H12FNO5S. The van der Waals surface area contributed by atoms with E-state index in [2.05, 4.69) is 0 Å². The lowest BCUT2D eigenvalue weighted by Gasteiger charge is -2.06. The fourth-order valence-electron chi connectivity index (χ4n) is 1.85. The van der Waals surface area contributed by atoms with Crippen molar-refractivity contribution >= 4 is 15.5 Å². The Morgan fingerprint density at radius 1 is 1.18 bits per heavy atom. The molecule has 0 heterocycles. The summed E-state index contributed by atoms with van der Waals surface area (Å²) in [6.07, 6.45) is 0. The van der Waals surface area contributed by atoms with Crippen LogP contribution in [0.25, 0.3) is 0 Å². The Morgan fingerprint density at radius 2 is 1.82 bits per heavy atom. The molecule has 0 atom stereocenters. The molecule has 0 amide bonds. The van der Waals surface area contributed by atoms with Crippen LogP contribution in [-0.2, 0) is 15.6 Å². The lowest BCUT2D eigenvalue weighted by atomic mass is 10.2. The predicted octanol–water partition coefficient (Wildman–Crippen LogP) is 2.72. The largest absolute Gasteiger partial charge is 0.497 e. The fraction of sp³-hybridized carbons (Fsp3) is 0.143. The molecule has 0 fully saturated rings. The molecule has 2 aromatic carbocycles. The highest BCUT2D eigenvalue weighted by Gasteiger charge is 2.22. The van der Waals surface area contributed by atoms with Gasteiger partial charge in [0.05, 0.1) is 22.7 Å². The van der Waals surface area contributed by atoms with Crippen LogP contribution in [0.4, 0.5) is 10.1 Å². The quantitative estimate of drug-likeness (QED) is 0.479. The zero-order valence-electron chi connectivity index (χ0n) is 11.5. The number of nitro benzene ring substituents is 1. The van der Waals surface area contributed by atoms with Crippen molar-refractivity contribution in [3.63, 3.8) is 0 Å². The number of hydrogen-bond donors (Lipinski definition) is 0. The van der Waals surface area contributed by atoms with Crippen molar-refractivity contribution in [2.45, 2.75) is 10.6 Å². The molecule has 2 rings (SSSR count). The van der Waals surface area contributed by atoms with Gasteiger partial charge in [-0.3, -0.25) is 10.1 Å². The molecule has 0 aliphatic carbocycles. The van der Waals surface area contributed by atoms with Gasteiger partial charge in [0.1, 0.15) is 5.75 Å². The van der Waals surface area contributed by atoms with Gasteiger partial charge in [-0.05, 0) is 29.8 Å². The first-order valence-corrected chi connectivity index (χ1v) is 7.78. The average Bonchev–Trinajstić information content (AvgIpc) is 2.47. The molecule has 8 heteroatoms. The van der Waals surface area contributed by atoms with E-state index in [4.69, 9.17) is 4.74 Å². The fourth-order valence-corrected chi connectivity index (χ4v) is 3.21. The van der Waals surface area contributed by atoms with E-state index in [1.54, 1.807) is 24.3 Å². The number of sulfone groups is 1. The van der Waals surface area contributed by atoms with E-state index >= 15 is 0 Å². The number of rotatable bonds is 5. The minimum Gasteiger partial charge on any atom is -0.497 e. The van der Waals surface area contributed by atoms with Crippen molar-refractivity contribution in [1.82, 2.24) is 0 Å². The van der Waals surface area contributed by atoms with E-state index < -0.39 is 26.3 Å². The summed E-state index contributed by atoms with van der Waals surface area (Å²) in [5.41, 5.74) is -0.372. The summed E-state index contributed by atoms with van der Waals surface area (Å²) in [7, 11) is -2.33. The van der Waals surface area contributed by atoms with E-state index in [1.807, 2.05) is 0 Å². The Bertz CT molecular complexity index is 802. The van der Waals surface area contributed by atoms with E-state index in [0.717, 1.165) is 18.2 Å². The highest BCUT2D eigenvalue weighted by Crippen LogP contribution is 2.24. The summed E-state index contributed by atoms with van der Waals surface area (Å²) in [6.45, 7) is 0. The summed E-state index contributed by atoms with van der Waals surface area (Å²) in [5.74, 6) is -0.841. The Labute approximate surface area is 126 Å². The second-order valence-electron chi connectivity index (χ2n) is 4.48. The second-order valence-corrected chi connectivity index (χ2v) is 6.47. The Kier molecular flexibility index (Phi) is 4.41. The number of halogens is 1. The predicted molar refractivity (Wildman–Crippen MR) is 76.9 cm³/mol. The molecule has 0 bridgehead atoms. The monoisotopic (exact) mass is 325 g/mol. The van der Waals surface area contributed by atoms with E-state index in [9.17, 15) is 22.9 Å². The molecule has 0 radical (unpaired) electrons. The first-order chi connectivity index (χ1) is 10.3. The molecule has 0 aromatic heterocycles. The zero-order valence-corrected chi connectivity index (χ0v) is 12.3. The molecule has 0 aliphatic rings. The van der Waals surface area contributed by atoms with Gasteiger partial charge in [0.2, 0.25) is 5.82 Å². The third kappa shape index (κ3) is 3.40. The van der Waals surface area contributed by atoms with Crippen molar-refractivity contribution < 1.29 is 22.5 Å². The summed E-state index contributed by atoms with van der Waals surface area (Å²) >= 11 is 0. The van der Waals surface area contributed by atoms with Gasteiger partial charge in [0, 0.05) is 6.07 Å². The van der Waals surface area contributed by atoms with Gasteiger partial charge >= 0.3 is 5.69 Å². The van der Waals surface area contributed by atoms with Crippen molar-refractivity contribution in [2.75, 3.05) is 7.11 Å². The number of ether oxygens (including phenoxy) is 1. The first-order valence-electron chi connectivity index (χ1n) is 6.13. The molecule has 0 saturated heterocycles. The van der Waals surface area contributed by atoms with E-state index in [0.29, 0.717) is 11.3 Å². The summed E-state index contributed by atoms with van der Waals surface area (Å²) in [5, 5.41) is 10.7. The van der Waals surface area contributed by atoms with Crippen LogP contribution in [0, 0.1) is 15.9 Å². The minimum atomic E-state index is -3.82. The highest BCUT2D eigenvalue weighted by molar-refractivity contribution is 7.90. The molecule has 0 N–H and O–H groups in total. The summed E-state index contributed by atoms with van der Waals surface area (Å²) in [4.78, 5) is 9.44. The molecular weight excluding hydrogens is 313 g/mol. The van der Waals surface area contributed by atoms with Crippen LogP contribution in [0.2, 0.25) is 0 Å². The number of hydrogen-bond acceptors (Lipinski definition) is 5. The molecule has 0 aliphatic heterocycles. The van der Waals surface area contributed by atoms with Crippen LogP contribution in [-0.4, -0.2) is 20.5 Å². The lowest BCUT2D eigenvalue weighted by Crippen LogP contribution is -2.06. The average molecular weight is 325 g/mol. The van der Waals surface area contributed by atoms with Gasteiger partial charge in [0.25, 0.3) is 0 Å². The van der Waals surface area contributed by atoms with Gasteiger partial charge < -0.3 is 4.74 Å². The third-order valence-corrected chi connectivity index (χ3v) is 4.67. The number of methoxy groups -OCH3 is 1. The maximum absolute atomic E-state index is 13.3. The highest BCUT2D eigenvalue weighted by atomic mass is 32.2. The minimum absolute atomic E-state index is 0.295. The molecule has 22 heavy (non-hydrogen) atoms. The van der Waals surface area contributed by atoms with Crippen LogP contribution < -0.4 is 4.74 Å². The molecule has 116 valence electrons. The SMILES string of the molecule is COc1ccc(CS(=O)(=O)c2ccc(F)c([N+](=O)[O-])c2)cc1. The summed E-state index contributed by atoms with van der Waals surface area (Å²) in [6, 6.07) is 8.90. The van der Waals surface area contributed by atoms with E-state index in [1.165, 1.54) is 7.11 Å². The first kappa shape index (κ1) is 15.9. The molecule has 0 unspecified atom stereocenters. The van der Waals surface area contributed by atoms with Gasteiger partial charge in [-0.1, -0.05) is 12.1 Å². The van der Waals surface area contributed by atoms with Gasteiger partial charge in [-0.2, -0.15) is 4.39 Å². The van der Waals surface area contributed by atoms with Gasteiger partial charge in [-0.25, -0.2) is 8.42 Å². The second kappa shape index (κ2) is 6.10. The number of nitro groups is 1. The van der Waals surface area contributed by atoms with Gasteiger partial charge in [-0.15, -0.1) is 0 Å². The van der Waals surface area contributed by atoms with Crippen molar-refractivity contribution in [3.8, 4) is 5.75 Å². The third-order valence-electron chi connectivity index (χ3n) is 2.99. The molecule has 0 spiro atoms. The maximum atomic E-state index is 13.3. The standard InChI is InChI=1S/C14H12FNO5S/c1-21-11-4-2-10(3-5-11)9-22(19,20)12-6-7-13(15)14(8-12)16(17)18/h2-8H,9H2,1H3. The molecule has 0 saturated carbocycles. The van der Waals surface area contributed by atoms with Crippen LogP contribution in [0.15, 0.2) is 47.4 Å². The van der Waals surface area contributed by atoms with Crippen LogP contribution in [0.5, 0.6) is 5.75 Å². The topological polar surface area (TPSA) is 86.5 Å². The molecule has 2 aromatic rings. The Morgan fingerprint density at radius 3 is 2.36 bits per heavy atom. The van der Waals surface area contributed by atoms with Crippen molar-refractivity contribution in [3.05, 3.63) is 64.0 Å². The zero-order chi connectivity index (χ0) is 16.3. The Hall–Kier alpha value is -2.48. The smallest absolute Gasteiger partial charge is 0.306 e. The van der Waals surface area contributed by atoms with Crippen molar-refractivity contribution in [2.24, 2.45) is 0 Å². The Balaban J connectivity index is 2.33. The maximum Gasteiger partial charge on any atom is 0.306 e. The van der Waals surface area contributed by atoms with Crippen LogP contribution in [0.1, 0.15) is 5.56 Å². The van der Waals surface area contributed by atoms with E-state index in [-0.39, 0.29) is 10.6 Å². The molecule has 6 nitrogen and oxygen atoms in total. The van der Waals surface area contributed by atoms with Crippen LogP contribution in [0.3, 0.4) is 0 Å². The van der Waals surface area contributed by atoms with Crippen LogP contribution >= 0.6 is 0 Å². The van der Waals surface area contributed by atoms with Crippen molar-refractivity contribution in [1.29, 1.82) is 0 Å².